The normalized spacial score (nSPS) is 14.3. The van der Waals surface area contributed by atoms with Crippen molar-refractivity contribution in [1.29, 1.82) is 0 Å². The molecule has 0 aliphatic heterocycles. The van der Waals surface area contributed by atoms with E-state index in [4.69, 9.17) is 5.73 Å². The predicted octanol–water partition coefficient (Wildman–Crippen LogP) is 2.37. The van der Waals surface area contributed by atoms with Crippen LogP contribution in [0.5, 0.6) is 0 Å². The lowest BCUT2D eigenvalue weighted by molar-refractivity contribution is 0.286. The minimum Gasteiger partial charge on any atom is -0.325 e. The maximum atomic E-state index is 6.29. The summed E-state index contributed by atoms with van der Waals surface area (Å²) in [6.07, 6.45) is 0. The summed E-state index contributed by atoms with van der Waals surface area (Å²) in [4.78, 5) is 0. The Balaban J connectivity index is 2.61. The molecule has 0 saturated carbocycles. The number of H-pyrrole nitrogens is 1. The second-order valence-corrected chi connectivity index (χ2v) is 7.48. The monoisotopic (exact) mass is 263 g/mol. The van der Waals surface area contributed by atoms with Crippen molar-refractivity contribution in [3.05, 3.63) is 17.6 Å². The molecule has 2 aromatic heterocycles. The Labute approximate surface area is 114 Å². The van der Waals surface area contributed by atoms with Crippen molar-refractivity contribution in [2.45, 2.75) is 64.8 Å². The largest absolute Gasteiger partial charge is 0.325 e. The van der Waals surface area contributed by atoms with Crippen LogP contribution in [0.25, 0.3) is 5.65 Å². The zero-order chi connectivity index (χ0) is 14.6. The third kappa shape index (κ3) is 2.16. The van der Waals surface area contributed by atoms with Gasteiger partial charge in [-0.15, -0.1) is 10.2 Å². The summed E-state index contributed by atoms with van der Waals surface area (Å²) in [5.74, 6) is 0.866. The molecule has 0 fully saturated rings. The fourth-order valence-corrected chi connectivity index (χ4v) is 1.86. The van der Waals surface area contributed by atoms with Crippen LogP contribution < -0.4 is 5.73 Å². The molecule has 19 heavy (non-hydrogen) atoms. The van der Waals surface area contributed by atoms with E-state index in [0.29, 0.717) is 0 Å². The van der Waals surface area contributed by atoms with Gasteiger partial charge < -0.3 is 5.73 Å². The summed E-state index contributed by atoms with van der Waals surface area (Å²) >= 11 is 0. The highest BCUT2D eigenvalue weighted by Gasteiger charge is 2.39. The van der Waals surface area contributed by atoms with Crippen LogP contribution in [0, 0.1) is 0 Å². The molecule has 3 N–H and O–H groups in total. The number of fused-ring (bicyclic) bond motifs is 1. The summed E-state index contributed by atoms with van der Waals surface area (Å²) < 4.78 is 1.95. The highest BCUT2D eigenvalue weighted by molar-refractivity contribution is 5.42. The molecular formula is C14H25N5. The van der Waals surface area contributed by atoms with E-state index < -0.39 is 0 Å². The van der Waals surface area contributed by atoms with Gasteiger partial charge in [-0.25, -0.2) is 4.52 Å². The number of hydrogen-bond donors (Lipinski definition) is 2. The highest BCUT2D eigenvalue weighted by atomic mass is 15.4. The fraction of sp³-hybridized carbons (Fsp3) is 0.714. The fourth-order valence-electron chi connectivity index (χ4n) is 1.86. The molecule has 0 atom stereocenters. The molecule has 106 valence electrons. The van der Waals surface area contributed by atoms with Gasteiger partial charge in [0, 0.05) is 28.1 Å². The van der Waals surface area contributed by atoms with Crippen LogP contribution in [0.1, 0.15) is 60.0 Å². The van der Waals surface area contributed by atoms with Gasteiger partial charge in [-0.3, -0.25) is 5.10 Å². The minimum atomic E-state index is -0.386. The topological polar surface area (TPSA) is 72.0 Å². The standard InChI is InChI=1S/C14H25N5/c1-12(2,3)9-8-10-16-17-11(19(10)18-9)13(4,5)14(6,7)15/h8,18H,15H2,1-7H3. The molecule has 2 aromatic rings. The molecule has 0 radical (unpaired) electrons. The lowest BCUT2D eigenvalue weighted by Crippen LogP contribution is -2.51. The van der Waals surface area contributed by atoms with Gasteiger partial charge in [0.05, 0.1) is 0 Å². The van der Waals surface area contributed by atoms with Crippen molar-refractivity contribution in [2.24, 2.45) is 5.73 Å². The maximum Gasteiger partial charge on any atom is 0.177 e. The van der Waals surface area contributed by atoms with E-state index >= 15 is 0 Å². The Morgan fingerprint density at radius 1 is 1.05 bits per heavy atom. The van der Waals surface area contributed by atoms with Crippen LogP contribution in [0.15, 0.2) is 6.07 Å². The number of nitrogens with two attached hydrogens (primary N) is 1. The molecule has 0 amide bonds. The first-order valence-corrected chi connectivity index (χ1v) is 6.68. The smallest absolute Gasteiger partial charge is 0.177 e. The number of nitrogens with one attached hydrogen (secondary N) is 1. The van der Waals surface area contributed by atoms with E-state index in [9.17, 15) is 0 Å². The number of aromatic amines is 1. The Bertz CT molecular complexity index is 589. The van der Waals surface area contributed by atoms with Crippen LogP contribution in [-0.4, -0.2) is 25.4 Å². The van der Waals surface area contributed by atoms with Crippen LogP contribution in [-0.2, 0) is 10.8 Å². The molecule has 5 heteroatoms. The van der Waals surface area contributed by atoms with Crippen LogP contribution >= 0.6 is 0 Å². The first-order chi connectivity index (χ1) is 8.44. The summed E-state index contributed by atoms with van der Waals surface area (Å²) in [5, 5.41) is 12.0. The Morgan fingerprint density at radius 3 is 2.11 bits per heavy atom. The molecule has 0 aliphatic carbocycles. The summed E-state index contributed by atoms with van der Waals surface area (Å²) in [6.45, 7) is 14.7. The van der Waals surface area contributed by atoms with E-state index in [-0.39, 0.29) is 16.4 Å². The molecule has 0 spiro atoms. The lowest BCUT2D eigenvalue weighted by atomic mass is 9.74. The molecule has 0 aromatic carbocycles. The Hall–Kier alpha value is -1.36. The highest BCUT2D eigenvalue weighted by Crippen LogP contribution is 2.32. The van der Waals surface area contributed by atoms with E-state index in [0.717, 1.165) is 17.2 Å². The average molecular weight is 263 g/mol. The van der Waals surface area contributed by atoms with Crippen molar-refractivity contribution in [1.82, 2.24) is 19.8 Å². The molecule has 0 aliphatic rings. The third-order valence-electron chi connectivity index (χ3n) is 4.17. The van der Waals surface area contributed by atoms with Crippen molar-refractivity contribution in [2.75, 3.05) is 0 Å². The second kappa shape index (κ2) is 3.82. The number of rotatable bonds is 2. The zero-order valence-electron chi connectivity index (χ0n) is 13.0. The molecule has 0 bridgehead atoms. The predicted molar refractivity (Wildman–Crippen MR) is 77.3 cm³/mol. The number of hydrogen-bond acceptors (Lipinski definition) is 3. The SMILES string of the molecule is CC(C)(C)c1cc2nnc(C(C)(C)C(C)(C)N)n2[nH]1. The van der Waals surface area contributed by atoms with Crippen molar-refractivity contribution < 1.29 is 0 Å². The van der Waals surface area contributed by atoms with Gasteiger partial charge in [0.2, 0.25) is 0 Å². The third-order valence-corrected chi connectivity index (χ3v) is 4.17. The summed E-state index contributed by atoms with van der Waals surface area (Å²) in [5.41, 5.74) is 7.67. The van der Waals surface area contributed by atoms with Crippen molar-refractivity contribution in [3.8, 4) is 0 Å². The van der Waals surface area contributed by atoms with Gasteiger partial charge in [-0.1, -0.05) is 34.6 Å². The second-order valence-electron chi connectivity index (χ2n) is 7.48. The van der Waals surface area contributed by atoms with Crippen LogP contribution in [0.2, 0.25) is 0 Å². The van der Waals surface area contributed by atoms with Gasteiger partial charge >= 0.3 is 0 Å². The molecule has 5 nitrogen and oxygen atoms in total. The first kappa shape index (κ1) is 14.1. The zero-order valence-corrected chi connectivity index (χ0v) is 13.0. The summed E-state index contributed by atoms with van der Waals surface area (Å²) in [7, 11) is 0. The average Bonchev–Trinajstić information content (AvgIpc) is 2.70. The van der Waals surface area contributed by atoms with Crippen molar-refractivity contribution in [3.63, 3.8) is 0 Å². The first-order valence-electron chi connectivity index (χ1n) is 6.68. The van der Waals surface area contributed by atoms with Crippen molar-refractivity contribution >= 4 is 5.65 Å². The molecule has 2 rings (SSSR count). The molecular weight excluding hydrogens is 238 g/mol. The van der Waals surface area contributed by atoms with E-state index in [1.165, 1.54) is 0 Å². The molecule has 0 saturated heterocycles. The minimum absolute atomic E-state index is 0.0559. The quantitative estimate of drug-likeness (QED) is 0.873. The Morgan fingerprint density at radius 2 is 1.63 bits per heavy atom. The molecule has 2 heterocycles. The van der Waals surface area contributed by atoms with Gasteiger partial charge in [0.1, 0.15) is 0 Å². The van der Waals surface area contributed by atoms with Gasteiger partial charge in [-0.2, -0.15) is 0 Å². The van der Waals surface area contributed by atoms with Gasteiger partial charge in [0.25, 0.3) is 0 Å². The van der Waals surface area contributed by atoms with E-state index in [1.807, 2.05) is 18.4 Å². The van der Waals surface area contributed by atoms with Gasteiger partial charge in [-0.05, 0) is 13.8 Å². The van der Waals surface area contributed by atoms with Crippen LogP contribution in [0.4, 0.5) is 0 Å². The Kier molecular flexibility index (Phi) is 2.83. The summed E-state index contributed by atoms with van der Waals surface area (Å²) in [6, 6.07) is 2.05. The lowest BCUT2D eigenvalue weighted by Gasteiger charge is -2.36. The molecule has 0 unspecified atom stereocenters. The van der Waals surface area contributed by atoms with Gasteiger partial charge in [0.15, 0.2) is 11.5 Å². The number of aromatic nitrogens is 4. The van der Waals surface area contributed by atoms with E-state index in [1.54, 1.807) is 0 Å². The number of nitrogens with zero attached hydrogens (tertiary/aromatic N) is 3. The van der Waals surface area contributed by atoms with Crippen LogP contribution in [0.3, 0.4) is 0 Å². The maximum absolute atomic E-state index is 6.29. The van der Waals surface area contributed by atoms with E-state index in [2.05, 4.69) is 56.0 Å².